The summed E-state index contributed by atoms with van der Waals surface area (Å²) in [6.07, 6.45) is 3.20. The molecule has 7 nitrogen and oxygen atoms in total. The molecule has 7 bridgehead atoms. The van der Waals surface area contributed by atoms with E-state index < -0.39 is 0 Å². The molecule has 206 valence electrons. The summed E-state index contributed by atoms with van der Waals surface area (Å²) in [7, 11) is 3.35. The van der Waals surface area contributed by atoms with Gasteiger partial charge in [-0.15, -0.1) is 0 Å². The molecule has 0 aromatic heterocycles. The highest BCUT2D eigenvalue weighted by Crippen LogP contribution is 2.55. The second kappa shape index (κ2) is 9.56. The number of benzene rings is 4. The van der Waals surface area contributed by atoms with Crippen molar-refractivity contribution in [2.75, 3.05) is 27.3 Å². The molecule has 0 unspecified atom stereocenters. The van der Waals surface area contributed by atoms with Crippen LogP contribution in [0.4, 0.5) is 0 Å². The Balaban J connectivity index is 1.32. The molecule has 4 aromatic rings. The van der Waals surface area contributed by atoms with Crippen LogP contribution in [0, 0.1) is 0 Å². The van der Waals surface area contributed by atoms with E-state index in [2.05, 4.69) is 41.7 Å². The Labute approximate surface area is 238 Å². The zero-order chi connectivity index (χ0) is 27.5. The van der Waals surface area contributed by atoms with Crippen LogP contribution in [-0.4, -0.2) is 33.0 Å². The van der Waals surface area contributed by atoms with Crippen LogP contribution in [0.3, 0.4) is 0 Å². The van der Waals surface area contributed by atoms with Gasteiger partial charge in [-0.2, -0.15) is 0 Å². The molecule has 5 aliphatic rings. The SMILES string of the molecule is COc1ccc2cc1Oc1ccc(cc1)C[C@@H]1NCCc3cc(OC)c4c(c31)Oc1cc3c(cc1O4)CCN=C3C2. The summed E-state index contributed by atoms with van der Waals surface area (Å²) in [4.78, 5) is 4.95. The zero-order valence-electron chi connectivity index (χ0n) is 23.1. The summed E-state index contributed by atoms with van der Waals surface area (Å²) >= 11 is 0. The van der Waals surface area contributed by atoms with Crippen LogP contribution in [0.5, 0.6) is 46.0 Å². The summed E-state index contributed by atoms with van der Waals surface area (Å²) in [5.41, 5.74) is 7.97. The number of nitrogens with zero attached hydrogens (tertiary/aromatic N) is 1. The van der Waals surface area contributed by atoms with E-state index in [1.165, 1.54) is 16.7 Å². The van der Waals surface area contributed by atoms with Crippen LogP contribution in [0.2, 0.25) is 0 Å². The molecule has 0 fully saturated rings. The lowest BCUT2D eigenvalue weighted by Crippen LogP contribution is -2.32. The van der Waals surface area contributed by atoms with E-state index >= 15 is 0 Å². The maximum absolute atomic E-state index is 6.77. The van der Waals surface area contributed by atoms with E-state index in [1.54, 1.807) is 14.2 Å². The number of aliphatic imine (C=N–C) groups is 1. The number of hydrogen-bond donors (Lipinski definition) is 1. The molecule has 7 heteroatoms. The second-order valence-corrected chi connectivity index (χ2v) is 10.9. The molecule has 0 aliphatic carbocycles. The third kappa shape index (κ3) is 4.11. The van der Waals surface area contributed by atoms with Crippen molar-refractivity contribution in [3.8, 4) is 46.0 Å². The van der Waals surface area contributed by atoms with Crippen LogP contribution < -0.4 is 29.0 Å². The van der Waals surface area contributed by atoms with E-state index in [4.69, 9.17) is 28.7 Å². The molecular formula is C34H30N2O5. The standard InChI is InChI=1S/C34H30N2O5/c1-37-27-8-5-20-14-25-24-18-30-29(16-21(24)9-11-35-25)40-33-31(38-2)17-22-10-12-36-26(32(22)34(33)41-30)13-19-3-6-23(7-4-19)39-28(27)15-20/h3-8,15-18,26,36H,9-14H2,1-2H3/t26-/m0/s1. The minimum atomic E-state index is 0.0562. The first-order chi connectivity index (χ1) is 20.2. The van der Waals surface area contributed by atoms with Gasteiger partial charge in [-0.25, -0.2) is 0 Å². The average Bonchev–Trinajstić information content (AvgIpc) is 3.00. The Morgan fingerprint density at radius 1 is 0.756 bits per heavy atom. The average molecular weight is 547 g/mol. The van der Waals surface area contributed by atoms with Gasteiger partial charge in [0.05, 0.1) is 14.2 Å². The van der Waals surface area contributed by atoms with Gasteiger partial charge >= 0.3 is 0 Å². The van der Waals surface area contributed by atoms with Gasteiger partial charge in [0.25, 0.3) is 0 Å². The molecule has 5 aliphatic heterocycles. The minimum Gasteiger partial charge on any atom is -0.493 e. The molecule has 0 saturated heterocycles. The van der Waals surface area contributed by atoms with Crippen molar-refractivity contribution in [2.45, 2.75) is 31.7 Å². The summed E-state index contributed by atoms with van der Waals surface area (Å²) in [6, 6.07) is 20.8. The monoisotopic (exact) mass is 546 g/mol. The van der Waals surface area contributed by atoms with E-state index in [-0.39, 0.29) is 6.04 Å². The number of nitrogens with one attached hydrogen (secondary N) is 1. The fourth-order valence-corrected chi connectivity index (χ4v) is 6.44. The van der Waals surface area contributed by atoms with Crippen molar-refractivity contribution >= 4 is 5.71 Å². The van der Waals surface area contributed by atoms with Crippen molar-refractivity contribution in [3.63, 3.8) is 0 Å². The van der Waals surface area contributed by atoms with Gasteiger partial charge in [0.15, 0.2) is 34.5 Å². The Bertz CT molecular complexity index is 1730. The molecule has 9 rings (SSSR count). The maximum Gasteiger partial charge on any atom is 0.212 e. The summed E-state index contributed by atoms with van der Waals surface area (Å²) < 4.78 is 31.1. The lowest BCUT2D eigenvalue weighted by atomic mass is 9.88. The Hall–Kier alpha value is -4.49. The van der Waals surface area contributed by atoms with Crippen molar-refractivity contribution < 1.29 is 23.7 Å². The number of rotatable bonds is 2. The quantitative estimate of drug-likeness (QED) is 0.265. The van der Waals surface area contributed by atoms with Crippen LogP contribution in [0.1, 0.15) is 39.4 Å². The Morgan fingerprint density at radius 2 is 1.56 bits per heavy atom. The van der Waals surface area contributed by atoms with Gasteiger partial charge in [0.2, 0.25) is 5.75 Å². The first kappa shape index (κ1) is 24.3. The topological polar surface area (TPSA) is 70.5 Å². The van der Waals surface area contributed by atoms with E-state index in [1.807, 2.05) is 24.3 Å². The van der Waals surface area contributed by atoms with E-state index in [0.29, 0.717) is 40.9 Å². The van der Waals surface area contributed by atoms with Crippen molar-refractivity contribution in [1.82, 2.24) is 5.32 Å². The Kier molecular flexibility index (Phi) is 5.67. The Morgan fingerprint density at radius 3 is 2.41 bits per heavy atom. The maximum atomic E-state index is 6.77. The van der Waals surface area contributed by atoms with Gasteiger partial charge < -0.3 is 29.0 Å². The van der Waals surface area contributed by atoms with Crippen LogP contribution in [-0.2, 0) is 25.7 Å². The van der Waals surface area contributed by atoms with Crippen molar-refractivity contribution in [2.24, 2.45) is 4.99 Å². The molecule has 0 saturated carbocycles. The predicted octanol–water partition coefficient (Wildman–Crippen LogP) is 6.72. The van der Waals surface area contributed by atoms with Crippen LogP contribution in [0.15, 0.2) is 65.7 Å². The first-order valence-corrected chi connectivity index (χ1v) is 14.1. The molecule has 41 heavy (non-hydrogen) atoms. The summed E-state index contributed by atoms with van der Waals surface area (Å²) in [5, 5.41) is 3.73. The second-order valence-electron chi connectivity index (χ2n) is 10.9. The first-order valence-electron chi connectivity index (χ1n) is 14.1. The van der Waals surface area contributed by atoms with Gasteiger partial charge in [0.1, 0.15) is 5.75 Å². The molecule has 0 amide bonds. The zero-order valence-corrected chi connectivity index (χ0v) is 23.1. The molecule has 1 N–H and O–H groups in total. The molecule has 0 spiro atoms. The lowest BCUT2D eigenvalue weighted by molar-refractivity contribution is 0.319. The molecular weight excluding hydrogens is 516 g/mol. The smallest absolute Gasteiger partial charge is 0.212 e. The van der Waals surface area contributed by atoms with Crippen molar-refractivity contribution in [1.29, 1.82) is 0 Å². The van der Waals surface area contributed by atoms with Gasteiger partial charge in [-0.05, 0) is 90.5 Å². The number of ether oxygens (including phenoxy) is 5. The normalized spacial score (nSPS) is 17.8. The highest BCUT2D eigenvalue weighted by atomic mass is 16.6. The van der Waals surface area contributed by atoms with Gasteiger partial charge in [-0.1, -0.05) is 18.2 Å². The largest absolute Gasteiger partial charge is 0.493 e. The molecule has 0 radical (unpaired) electrons. The molecule has 5 heterocycles. The van der Waals surface area contributed by atoms with E-state index in [9.17, 15) is 0 Å². The molecule has 1 atom stereocenters. The van der Waals surface area contributed by atoms with Gasteiger partial charge in [0, 0.05) is 35.8 Å². The van der Waals surface area contributed by atoms with Crippen LogP contribution >= 0.6 is 0 Å². The third-order valence-electron chi connectivity index (χ3n) is 8.46. The van der Waals surface area contributed by atoms with Crippen molar-refractivity contribution in [3.05, 3.63) is 94.0 Å². The summed E-state index contributed by atoms with van der Waals surface area (Å²) in [6.45, 7) is 1.61. The number of hydrogen-bond acceptors (Lipinski definition) is 7. The minimum absolute atomic E-state index is 0.0562. The lowest BCUT2D eigenvalue weighted by Gasteiger charge is -2.33. The predicted molar refractivity (Wildman–Crippen MR) is 156 cm³/mol. The van der Waals surface area contributed by atoms with Gasteiger partial charge in [-0.3, -0.25) is 4.99 Å². The number of methoxy groups -OCH3 is 2. The highest BCUT2D eigenvalue weighted by Gasteiger charge is 2.34. The van der Waals surface area contributed by atoms with Crippen LogP contribution in [0.25, 0.3) is 0 Å². The van der Waals surface area contributed by atoms with E-state index in [0.717, 1.165) is 66.3 Å². The fraction of sp³-hybridized carbons (Fsp3) is 0.265. The fourth-order valence-electron chi connectivity index (χ4n) is 6.44. The number of fused-ring (bicyclic) bond motifs is 2. The summed E-state index contributed by atoms with van der Waals surface area (Å²) in [5.74, 6) is 5.63. The highest BCUT2D eigenvalue weighted by molar-refractivity contribution is 6.04. The third-order valence-corrected chi connectivity index (χ3v) is 8.46. The molecule has 4 aromatic carbocycles.